The molecule has 7 heavy (non-hydrogen) atoms. The molecule has 0 amide bonds. The number of rotatable bonds is 3. The molecule has 0 aliphatic carbocycles. The standard InChI is InChI=1S/C3H8O3S/c4-1-3(5)2-6-7/h3-5,7H,1-2H2. The average molecular weight is 124 g/mol. The summed E-state index contributed by atoms with van der Waals surface area (Å²) in [5.41, 5.74) is 0. The minimum absolute atomic E-state index is 0.0691. The molecule has 0 aromatic carbocycles. The van der Waals surface area contributed by atoms with E-state index in [4.69, 9.17) is 10.2 Å². The minimum atomic E-state index is -0.794. The van der Waals surface area contributed by atoms with Gasteiger partial charge in [0.2, 0.25) is 0 Å². The fraction of sp³-hybridized carbons (Fsp3) is 1.00. The highest BCUT2D eigenvalue weighted by atomic mass is 32.1. The van der Waals surface area contributed by atoms with Crippen LogP contribution in [0.25, 0.3) is 0 Å². The first-order valence-corrected chi connectivity index (χ1v) is 2.23. The summed E-state index contributed by atoms with van der Waals surface area (Å²) in [6.45, 7) is -0.208. The Kier molecular flexibility index (Phi) is 4.53. The third-order valence-corrected chi connectivity index (χ3v) is 0.627. The molecule has 0 saturated heterocycles. The average Bonchev–Trinajstić information content (AvgIpc) is 1.68. The van der Waals surface area contributed by atoms with Crippen LogP contribution in [0.3, 0.4) is 0 Å². The maximum absolute atomic E-state index is 8.43. The molecule has 0 radical (unpaired) electrons. The maximum atomic E-state index is 8.43. The van der Waals surface area contributed by atoms with Gasteiger partial charge in [-0.05, 0) is 12.9 Å². The first-order valence-electron chi connectivity index (χ1n) is 1.86. The van der Waals surface area contributed by atoms with Crippen LogP contribution in [0.4, 0.5) is 0 Å². The van der Waals surface area contributed by atoms with Crippen LogP contribution < -0.4 is 0 Å². The summed E-state index contributed by atoms with van der Waals surface area (Å²) >= 11 is 3.34. The lowest BCUT2D eigenvalue weighted by Crippen LogP contribution is -2.16. The molecule has 0 aliphatic heterocycles. The Hall–Kier alpha value is 0.230. The number of hydrogen-bond donors (Lipinski definition) is 3. The van der Waals surface area contributed by atoms with E-state index in [1.165, 1.54) is 0 Å². The first kappa shape index (κ1) is 7.23. The lowest BCUT2D eigenvalue weighted by Gasteiger charge is -2.00. The predicted molar refractivity (Wildman–Crippen MR) is 28.0 cm³/mol. The molecule has 0 bridgehead atoms. The van der Waals surface area contributed by atoms with Crippen molar-refractivity contribution >= 4 is 12.9 Å². The van der Waals surface area contributed by atoms with Crippen molar-refractivity contribution in [3.63, 3.8) is 0 Å². The van der Waals surface area contributed by atoms with Gasteiger partial charge in [-0.2, -0.15) is 0 Å². The van der Waals surface area contributed by atoms with Crippen LogP contribution >= 0.6 is 12.9 Å². The Labute approximate surface area is 47.5 Å². The lowest BCUT2D eigenvalue weighted by atomic mass is 10.4. The summed E-state index contributed by atoms with van der Waals surface area (Å²) in [5.74, 6) is 0. The Morgan fingerprint density at radius 2 is 2.29 bits per heavy atom. The van der Waals surface area contributed by atoms with Crippen molar-refractivity contribution in [3.05, 3.63) is 0 Å². The molecule has 0 heterocycles. The van der Waals surface area contributed by atoms with Gasteiger partial charge < -0.3 is 14.4 Å². The topological polar surface area (TPSA) is 49.7 Å². The summed E-state index contributed by atoms with van der Waals surface area (Å²) in [7, 11) is 0. The third kappa shape index (κ3) is 4.08. The van der Waals surface area contributed by atoms with Crippen LogP contribution in [0.5, 0.6) is 0 Å². The summed E-state index contributed by atoms with van der Waals surface area (Å²) in [5, 5.41) is 16.5. The van der Waals surface area contributed by atoms with Gasteiger partial charge in [0.15, 0.2) is 0 Å². The Bertz CT molecular complexity index is 41.2. The number of aliphatic hydroxyl groups excluding tert-OH is 2. The van der Waals surface area contributed by atoms with E-state index >= 15 is 0 Å². The van der Waals surface area contributed by atoms with E-state index in [1.807, 2.05) is 0 Å². The Morgan fingerprint density at radius 3 is 2.43 bits per heavy atom. The fourth-order valence-electron chi connectivity index (χ4n) is 0.139. The molecule has 0 aromatic rings. The zero-order chi connectivity index (χ0) is 5.70. The van der Waals surface area contributed by atoms with Crippen molar-refractivity contribution in [2.75, 3.05) is 13.2 Å². The summed E-state index contributed by atoms with van der Waals surface area (Å²) in [4.78, 5) is 0. The number of thiol groups is 1. The van der Waals surface area contributed by atoms with Crippen molar-refractivity contribution in [2.24, 2.45) is 0 Å². The number of aliphatic hydroxyl groups is 2. The molecule has 0 aromatic heterocycles. The highest BCUT2D eigenvalue weighted by Gasteiger charge is 1.97. The normalized spacial score (nSPS) is 14.1. The van der Waals surface area contributed by atoms with Crippen molar-refractivity contribution in [1.82, 2.24) is 0 Å². The van der Waals surface area contributed by atoms with E-state index in [-0.39, 0.29) is 13.2 Å². The van der Waals surface area contributed by atoms with Crippen LogP contribution in [0.15, 0.2) is 0 Å². The zero-order valence-electron chi connectivity index (χ0n) is 3.74. The van der Waals surface area contributed by atoms with E-state index in [1.54, 1.807) is 0 Å². The molecule has 44 valence electrons. The molecular formula is C3H8O3S. The second kappa shape index (κ2) is 4.39. The van der Waals surface area contributed by atoms with Gasteiger partial charge in [0, 0.05) is 0 Å². The van der Waals surface area contributed by atoms with Crippen LogP contribution in [0.2, 0.25) is 0 Å². The van der Waals surface area contributed by atoms with Gasteiger partial charge in [-0.1, -0.05) is 0 Å². The monoisotopic (exact) mass is 124 g/mol. The smallest absolute Gasteiger partial charge is 0.102 e. The largest absolute Gasteiger partial charge is 0.394 e. The van der Waals surface area contributed by atoms with Crippen LogP contribution in [0.1, 0.15) is 0 Å². The summed E-state index contributed by atoms with van der Waals surface area (Å²) < 4.78 is 4.18. The molecule has 3 nitrogen and oxygen atoms in total. The van der Waals surface area contributed by atoms with E-state index in [0.29, 0.717) is 0 Å². The third-order valence-electron chi connectivity index (χ3n) is 0.478. The van der Waals surface area contributed by atoms with E-state index < -0.39 is 6.10 Å². The molecule has 1 unspecified atom stereocenters. The Balaban J connectivity index is 2.83. The molecule has 0 spiro atoms. The van der Waals surface area contributed by atoms with E-state index in [2.05, 4.69) is 17.1 Å². The predicted octanol–water partition coefficient (Wildman–Crippen LogP) is -0.799. The second-order valence-electron chi connectivity index (χ2n) is 1.13. The van der Waals surface area contributed by atoms with Gasteiger partial charge in [0.05, 0.1) is 13.2 Å². The molecule has 0 aliphatic rings. The molecule has 4 heteroatoms. The highest BCUT2D eigenvalue weighted by Crippen LogP contribution is 1.83. The van der Waals surface area contributed by atoms with Crippen LogP contribution in [-0.4, -0.2) is 29.5 Å². The molecular weight excluding hydrogens is 116 g/mol. The summed E-state index contributed by atoms with van der Waals surface area (Å²) in [6.07, 6.45) is -0.794. The molecule has 0 rings (SSSR count). The van der Waals surface area contributed by atoms with Gasteiger partial charge in [-0.3, -0.25) is 0 Å². The quantitative estimate of drug-likeness (QED) is 0.341. The highest BCUT2D eigenvalue weighted by molar-refractivity contribution is 7.75. The molecule has 1 atom stereocenters. The fourth-order valence-corrected chi connectivity index (χ4v) is 0.311. The van der Waals surface area contributed by atoms with Crippen LogP contribution in [0, 0.1) is 0 Å². The first-order chi connectivity index (χ1) is 3.31. The number of hydrogen-bond acceptors (Lipinski definition) is 4. The van der Waals surface area contributed by atoms with Crippen molar-refractivity contribution < 1.29 is 14.4 Å². The zero-order valence-corrected chi connectivity index (χ0v) is 4.64. The van der Waals surface area contributed by atoms with Gasteiger partial charge in [-0.15, -0.1) is 0 Å². The van der Waals surface area contributed by atoms with Gasteiger partial charge in [0.25, 0.3) is 0 Å². The summed E-state index contributed by atoms with van der Waals surface area (Å²) in [6, 6.07) is 0. The minimum Gasteiger partial charge on any atom is -0.394 e. The molecule has 0 saturated carbocycles. The van der Waals surface area contributed by atoms with Crippen LogP contribution in [-0.2, 0) is 4.18 Å². The molecule has 2 N–H and O–H groups in total. The van der Waals surface area contributed by atoms with E-state index in [0.717, 1.165) is 0 Å². The van der Waals surface area contributed by atoms with Crippen molar-refractivity contribution in [2.45, 2.75) is 6.10 Å². The SMILES string of the molecule is OCC(O)COS. The van der Waals surface area contributed by atoms with Gasteiger partial charge in [0.1, 0.15) is 6.10 Å². The Morgan fingerprint density at radius 1 is 1.71 bits per heavy atom. The van der Waals surface area contributed by atoms with Crippen molar-refractivity contribution in [1.29, 1.82) is 0 Å². The van der Waals surface area contributed by atoms with Gasteiger partial charge in [-0.25, -0.2) is 0 Å². The lowest BCUT2D eigenvalue weighted by molar-refractivity contribution is 0.0611. The molecule has 0 fully saturated rings. The van der Waals surface area contributed by atoms with Gasteiger partial charge >= 0.3 is 0 Å². The van der Waals surface area contributed by atoms with Crippen molar-refractivity contribution in [3.8, 4) is 0 Å². The second-order valence-corrected chi connectivity index (χ2v) is 1.39. The van der Waals surface area contributed by atoms with E-state index in [9.17, 15) is 0 Å². The maximum Gasteiger partial charge on any atom is 0.102 e.